The Morgan fingerprint density at radius 1 is 1.56 bits per heavy atom. The summed E-state index contributed by atoms with van der Waals surface area (Å²) >= 11 is 0. The molecule has 2 atom stereocenters. The molecule has 2 unspecified atom stereocenters. The van der Waals surface area contributed by atoms with E-state index in [9.17, 15) is 9.90 Å². The van der Waals surface area contributed by atoms with Gasteiger partial charge in [-0.1, -0.05) is 0 Å². The predicted molar refractivity (Wildman–Crippen MR) is 54.2 cm³/mol. The van der Waals surface area contributed by atoms with Crippen LogP contribution >= 0.6 is 0 Å². The summed E-state index contributed by atoms with van der Waals surface area (Å²) in [7, 11) is 0. The summed E-state index contributed by atoms with van der Waals surface area (Å²) in [5, 5.41) is 18.9. The monoisotopic (exact) mass is 226 g/mol. The van der Waals surface area contributed by atoms with Crippen molar-refractivity contribution in [3.63, 3.8) is 0 Å². The Morgan fingerprint density at radius 3 is 3.00 bits per heavy atom. The van der Waals surface area contributed by atoms with E-state index in [1.165, 1.54) is 12.3 Å². The number of hydrogen-bond acceptors (Lipinski definition) is 4. The molecule has 0 radical (unpaired) electrons. The number of hydrogen-bond donors (Lipinski definition) is 2. The van der Waals surface area contributed by atoms with Gasteiger partial charge in [0.05, 0.1) is 12.9 Å². The maximum absolute atomic E-state index is 10.9. The molecule has 5 heteroatoms. The van der Waals surface area contributed by atoms with E-state index < -0.39 is 12.1 Å². The Hall–Kier alpha value is -1.33. The number of carboxylic acid groups (broad SMARTS) is 1. The number of aliphatic hydroxyl groups excluding tert-OH is 1. The standard InChI is InChI=1S/C11H14O5/c12-9(7-2-1-4-15-6-7)10-8(11(13)14)3-5-16-10/h3,5,7,9,12H,1-2,4,6H2,(H,13,14). The number of aliphatic hydroxyl groups is 1. The largest absolute Gasteiger partial charge is 0.478 e. The lowest BCUT2D eigenvalue weighted by molar-refractivity contribution is -0.0184. The van der Waals surface area contributed by atoms with Crippen molar-refractivity contribution in [3.05, 3.63) is 23.7 Å². The van der Waals surface area contributed by atoms with E-state index in [1.807, 2.05) is 0 Å². The van der Waals surface area contributed by atoms with Crippen molar-refractivity contribution in [2.75, 3.05) is 13.2 Å². The number of carboxylic acids is 1. The summed E-state index contributed by atoms with van der Waals surface area (Å²) in [6.07, 6.45) is 2.08. The summed E-state index contributed by atoms with van der Waals surface area (Å²) < 4.78 is 10.3. The minimum atomic E-state index is -1.08. The summed E-state index contributed by atoms with van der Waals surface area (Å²) in [6, 6.07) is 1.35. The second-order valence-electron chi connectivity index (χ2n) is 3.93. The third-order valence-electron chi connectivity index (χ3n) is 2.84. The number of furan rings is 1. The molecule has 0 bridgehead atoms. The fraction of sp³-hybridized carbons (Fsp3) is 0.545. The molecule has 2 rings (SSSR count). The maximum Gasteiger partial charge on any atom is 0.339 e. The van der Waals surface area contributed by atoms with Crippen LogP contribution in [-0.2, 0) is 4.74 Å². The summed E-state index contributed by atoms with van der Waals surface area (Å²) in [5.74, 6) is -1.04. The molecule has 1 fully saturated rings. The topological polar surface area (TPSA) is 79.9 Å². The van der Waals surface area contributed by atoms with Gasteiger partial charge >= 0.3 is 5.97 Å². The van der Waals surface area contributed by atoms with Gasteiger partial charge in [0.25, 0.3) is 0 Å². The van der Waals surface area contributed by atoms with Crippen LogP contribution in [0.2, 0.25) is 0 Å². The highest BCUT2D eigenvalue weighted by Gasteiger charge is 2.29. The van der Waals surface area contributed by atoms with Crippen molar-refractivity contribution in [3.8, 4) is 0 Å². The fourth-order valence-corrected chi connectivity index (χ4v) is 1.96. The SMILES string of the molecule is O=C(O)c1ccoc1C(O)C1CCCOC1. The van der Waals surface area contributed by atoms with Gasteiger partial charge in [0, 0.05) is 12.5 Å². The van der Waals surface area contributed by atoms with E-state index >= 15 is 0 Å². The second kappa shape index (κ2) is 4.67. The van der Waals surface area contributed by atoms with Gasteiger partial charge in [0.2, 0.25) is 0 Å². The minimum Gasteiger partial charge on any atom is -0.478 e. The van der Waals surface area contributed by atoms with E-state index in [1.54, 1.807) is 0 Å². The van der Waals surface area contributed by atoms with Gasteiger partial charge in [-0.05, 0) is 18.9 Å². The van der Waals surface area contributed by atoms with E-state index in [0.29, 0.717) is 13.2 Å². The molecular formula is C11H14O5. The first-order valence-electron chi connectivity index (χ1n) is 5.26. The summed E-state index contributed by atoms with van der Waals surface area (Å²) in [6.45, 7) is 1.15. The normalized spacial score (nSPS) is 22.9. The number of ether oxygens (including phenoxy) is 1. The van der Waals surface area contributed by atoms with E-state index in [4.69, 9.17) is 14.3 Å². The van der Waals surface area contributed by atoms with Crippen LogP contribution in [-0.4, -0.2) is 29.4 Å². The first-order valence-corrected chi connectivity index (χ1v) is 5.26. The number of aromatic carboxylic acids is 1. The van der Waals surface area contributed by atoms with Crippen molar-refractivity contribution in [1.29, 1.82) is 0 Å². The molecular weight excluding hydrogens is 212 g/mol. The Balaban J connectivity index is 2.15. The van der Waals surface area contributed by atoms with E-state index in [2.05, 4.69) is 0 Å². The molecule has 1 saturated heterocycles. The van der Waals surface area contributed by atoms with Crippen molar-refractivity contribution >= 4 is 5.97 Å². The quantitative estimate of drug-likeness (QED) is 0.815. The van der Waals surface area contributed by atoms with Crippen LogP contribution in [0.3, 0.4) is 0 Å². The van der Waals surface area contributed by atoms with Gasteiger partial charge in [-0.3, -0.25) is 0 Å². The fourth-order valence-electron chi connectivity index (χ4n) is 1.96. The first kappa shape index (κ1) is 11.2. The van der Waals surface area contributed by atoms with Gasteiger partial charge in [0.15, 0.2) is 0 Å². The molecule has 1 aliphatic rings. The predicted octanol–water partition coefficient (Wildman–Crippen LogP) is 1.44. The van der Waals surface area contributed by atoms with Gasteiger partial charge in [-0.25, -0.2) is 4.79 Å². The maximum atomic E-state index is 10.9. The first-order chi connectivity index (χ1) is 7.70. The highest BCUT2D eigenvalue weighted by atomic mass is 16.5. The zero-order chi connectivity index (χ0) is 11.5. The van der Waals surface area contributed by atoms with Crippen LogP contribution in [0.15, 0.2) is 16.7 Å². The van der Waals surface area contributed by atoms with Crippen LogP contribution < -0.4 is 0 Å². The molecule has 5 nitrogen and oxygen atoms in total. The average Bonchev–Trinajstić information content (AvgIpc) is 2.78. The van der Waals surface area contributed by atoms with Gasteiger partial charge in [-0.2, -0.15) is 0 Å². The lowest BCUT2D eigenvalue weighted by atomic mass is 9.93. The Labute approximate surface area is 92.6 Å². The van der Waals surface area contributed by atoms with Gasteiger partial charge < -0.3 is 19.4 Å². The van der Waals surface area contributed by atoms with Crippen molar-refractivity contribution in [1.82, 2.24) is 0 Å². The second-order valence-corrected chi connectivity index (χ2v) is 3.93. The molecule has 16 heavy (non-hydrogen) atoms. The molecule has 1 aromatic rings. The Bertz CT molecular complexity index is 364. The highest BCUT2D eigenvalue weighted by Crippen LogP contribution is 2.31. The van der Waals surface area contributed by atoms with Gasteiger partial charge in [0.1, 0.15) is 17.4 Å². The van der Waals surface area contributed by atoms with Crippen molar-refractivity contribution < 1.29 is 24.2 Å². The van der Waals surface area contributed by atoms with Gasteiger partial charge in [-0.15, -0.1) is 0 Å². The molecule has 0 saturated carbocycles. The zero-order valence-corrected chi connectivity index (χ0v) is 8.76. The van der Waals surface area contributed by atoms with Crippen LogP contribution in [0.1, 0.15) is 35.1 Å². The summed E-state index contributed by atoms with van der Waals surface area (Å²) in [4.78, 5) is 10.9. The molecule has 1 aliphatic heterocycles. The molecule has 0 amide bonds. The van der Waals surface area contributed by atoms with E-state index in [0.717, 1.165) is 12.8 Å². The Morgan fingerprint density at radius 2 is 2.38 bits per heavy atom. The molecule has 2 heterocycles. The molecule has 0 aliphatic carbocycles. The molecule has 0 aromatic carbocycles. The third-order valence-corrected chi connectivity index (χ3v) is 2.84. The number of carbonyl (C=O) groups is 1. The van der Waals surface area contributed by atoms with Crippen LogP contribution in [0.4, 0.5) is 0 Å². The smallest absolute Gasteiger partial charge is 0.339 e. The van der Waals surface area contributed by atoms with Crippen molar-refractivity contribution in [2.45, 2.75) is 18.9 Å². The molecule has 88 valence electrons. The molecule has 0 spiro atoms. The van der Waals surface area contributed by atoms with Crippen molar-refractivity contribution in [2.24, 2.45) is 5.92 Å². The third kappa shape index (κ3) is 2.10. The zero-order valence-electron chi connectivity index (χ0n) is 8.76. The highest BCUT2D eigenvalue weighted by molar-refractivity contribution is 5.88. The molecule has 1 aromatic heterocycles. The van der Waals surface area contributed by atoms with Crippen LogP contribution in [0, 0.1) is 5.92 Å². The van der Waals surface area contributed by atoms with Crippen LogP contribution in [0.25, 0.3) is 0 Å². The van der Waals surface area contributed by atoms with E-state index in [-0.39, 0.29) is 17.2 Å². The average molecular weight is 226 g/mol. The number of rotatable bonds is 3. The lowest BCUT2D eigenvalue weighted by Crippen LogP contribution is -2.24. The minimum absolute atomic E-state index is 0.0260. The van der Waals surface area contributed by atoms with Crippen LogP contribution in [0.5, 0.6) is 0 Å². The molecule has 2 N–H and O–H groups in total. The summed E-state index contributed by atoms with van der Waals surface area (Å²) in [5.41, 5.74) is 0.0260. The lowest BCUT2D eigenvalue weighted by Gasteiger charge is -2.25. The Kier molecular flexibility index (Phi) is 3.26.